The standard InChI is InChI=1S/C18H18F3N5O2/c1-10-4-5-14(11(2)8-10)28-9-26-7-6-13(25-26)17(27)22-15-12(3)23-24-16(15)18(19,20)21/h4-8H,9H2,1-3H3,(H,22,27)(H,23,24). The molecule has 10 heteroatoms. The topological polar surface area (TPSA) is 84.8 Å². The van der Waals surface area contributed by atoms with Gasteiger partial charge in [-0.15, -0.1) is 0 Å². The van der Waals surface area contributed by atoms with Crippen LogP contribution in [0.2, 0.25) is 0 Å². The van der Waals surface area contributed by atoms with Crippen LogP contribution in [-0.2, 0) is 12.9 Å². The highest BCUT2D eigenvalue weighted by atomic mass is 19.4. The predicted molar refractivity (Wildman–Crippen MR) is 95.1 cm³/mol. The van der Waals surface area contributed by atoms with Crippen molar-refractivity contribution in [1.82, 2.24) is 20.0 Å². The van der Waals surface area contributed by atoms with Crippen molar-refractivity contribution in [3.63, 3.8) is 0 Å². The van der Waals surface area contributed by atoms with E-state index in [1.54, 1.807) is 0 Å². The van der Waals surface area contributed by atoms with Gasteiger partial charge in [-0.2, -0.15) is 23.4 Å². The molecular formula is C18H18F3N5O2. The first-order valence-corrected chi connectivity index (χ1v) is 8.32. The number of aromatic nitrogens is 4. The van der Waals surface area contributed by atoms with Gasteiger partial charge in [0.05, 0.1) is 11.4 Å². The third-order valence-corrected chi connectivity index (χ3v) is 4.01. The summed E-state index contributed by atoms with van der Waals surface area (Å²) in [5.74, 6) is -0.101. The smallest absolute Gasteiger partial charge is 0.437 e. The Balaban J connectivity index is 1.69. The summed E-state index contributed by atoms with van der Waals surface area (Å²) in [5, 5.41) is 11.7. The van der Waals surface area contributed by atoms with Crippen molar-refractivity contribution in [1.29, 1.82) is 0 Å². The molecule has 0 fully saturated rings. The van der Waals surface area contributed by atoms with Crippen LogP contribution in [-0.4, -0.2) is 25.9 Å². The zero-order valence-electron chi connectivity index (χ0n) is 15.4. The van der Waals surface area contributed by atoms with Crippen LogP contribution in [0.15, 0.2) is 30.5 Å². The van der Waals surface area contributed by atoms with Gasteiger partial charge in [0.25, 0.3) is 5.91 Å². The fourth-order valence-corrected chi connectivity index (χ4v) is 2.62. The second-order valence-corrected chi connectivity index (χ2v) is 6.31. The van der Waals surface area contributed by atoms with E-state index >= 15 is 0 Å². The quantitative estimate of drug-likeness (QED) is 0.690. The van der Waals surface area contributed by atoms with Crippen LogP contribution in [0.1, 0.15) is 33.0 Å². The fraction of sp³-hybridized carbons (Fsp3) is 0.278. The maximum Gasteiger partial charge on any atom is 0.437 e. The van der Waals surface area contributed by atoms with E-state index < -0.39 is 23.5 Å². The SMILES string of the molecule is Cc1ccc(OCn2ccc(C(=O)Nc3c(C(F)(F)F)n[nH]c3C)n2)c(C)c1. The van der Waals surface area contributed by atoms with Gasteiger partial charge in [0.2, 0.25) is 0 Å². The summed E-state index contributed by atoms with van der Waals surface area (Å²) in [4.78, 5) is 12.3. The molecule has 0 radical (unpaired) electrons. The molecule has 7 nitrogen and oxygen atoms in total. The molecule has 3 aromatic rings. The summed E-state index contributed by atoms with van der Waals surface area (Å²) in [6, 6.07) is 7.12. The molecule has 0 bridgehead atoms. The Labute approximate surface area is 158 Å². The Morgan fingerprint density at radius 3 is 2.68 bits per heavy atom. The maximum absolute atomic E-state index is 13.0. The van der Waals surface area contributed by atoms with Crippen molar-refractivity contribution in [2.75, 3.05) is 5.32 Å². The number of benzene rings is 1. The molecule has 0 aliphatic rings. The average Bonchev–Trinajstić information content (AvgIpc) is 3.21. The minimum absolute atomic E-state index is 0.0436. The molecule has 1 aromatic carbocycles. The summed E-state index contributed by atoms with van der Waals surface area (Å²) >= 11 is 0. The van der Waals surface area contributed by atoms with Gasteiger partial charge in [-0.05, 0) is 38.5 Å². The lowest BCUT2D eigenvalue weighted by molar-refractivity contribution is -0.140. The number of ether oxygens (including phenoxy) is 1. The van der Waals surface area contributed by atoms with E-state index in [-0.39, 0.29) is 18.1 Å². The van der Waals surface area contributed by atoms with Gasteiger partial charge in [-0.25, -0.2) is 4.68 Å². The van der Waals surface area contributed by atoms with Crippen LogP contribution in [0.4, 0.5) is 18.9 Å². The first-order chi connectivity index (χ1) is 13.1. The van der Waals surface area contributed by atoms with Gasteiger partial charge in [-0.3, -0.25) is 9.89 Å². The molecule has 0 saturated carbocycles. The molecule has 0 aliphatic heterocycles. The van der Waals surface area contributed by atoms with Crippen molar-refractivity contribution in [3.8, 4) is 5.75 Å². The number of rotatable bonds is 5. The van der Waals surface area contributed by atoms with Crippen molar-refractivity contribution in [3.05, 3.63) is 58.7 Å². The van der Waals surface area contributed by atoms with Gasteiger partial charge < -0.3 is 10.1 Å². The number of hydrogen-bond donors (Lipinski definition) is 2. The molecule has 1 amide bonds. The molecule has 148 valence electrons. The number of aromatic amines is 1. The Morgan fingerprint density at radius 1 is 1.25 bits per heavy atom. The Bertz CT molecular complexity index is 1010. The molecule has 0 spiro atoms. The maximum atomic E-state index is 13.0. The van der Waals surface area contributed by atoms with Gasteiger partial charge in [0, 0.05) is 6.20 Å². The molecule has 2 N–H and O–H groups in total. The Hall–Kier alpha value is -3.30. The predicted octanol–water partition coefficient (Wildman–Crippen LogP) is 3.84. The van der Waals surface area contributed by atoms with E-state index in [4.69, 9.17) is 4.74 Å². The number of alkyl halides is 3. The summed E-state index contributed by atoms with van der Waals surface area (Å²) in [7, 11) is 0. The monoisotopic (exact) mass is 393 g/mol. The number of aryl methyl sites for hydroxylation is 3. The number of nitrogens with one attached hydrogen (secondary N) is 2. The molecule has 28 heavy (non-hydrogen) atoms. The lowest BCUT2D eigenvalue weighted by atomic mass is 10.1. The number of H-pyrrole nitrogens is 1. The Kier molecular flexibility index (Phi) is 5.12. The van der Waals surface area contributed by atoms with Crippen LogP contribution < -0.4 is 10.1 Å². The highest BCUT2D eigenvalue weighted by Gasteiger charge is 2.38. The second-order valence-electron chi connectivity index (χ2n) is 6.31. The van der Waals surface area contributed by atoms with Crippen LogP contribution in [0.5, 0.6) is 5.75 Å². The number of halogens is 3. The highest BCUT2D eigenvalue weighted by molar-refractivity contribution is 6.03. The van der Waals surface area contributed by atoms with Gasteiger partial charge >= 0.3 is 6.18 Å². The Morgan fingerprint density at radius 2 is 2.00 bits per heavy atom. The molecule has 2 aromatic heterocycles. The fourth-order valence-electron chi connectivity index (χ4n) is 2.62. The normalized spacial score (nSPS) is 11.5. The van der Waals surface area contributed by atoms with Crippen LogP contribution >= 0.6 is 0 Å². The lowest BCUT2D eigenvalue weighted by Gasteiger charge is -2.10. The van der Waals surface area contributed by atoms with Crippen LogP contribution in [0, 0.1) is 20.8 Å². The first kappa shape index (κ1) is 19.5. The lowest BCUT2D eigenvalue weighted by Crippen LogP contribution is -2.17. The zero-order chi connectivity index (χ0) is 20.5. The largest absolute Gasteiger partial charge is 0.471 e. The molecule has 0 unspecified atom stereocenters. The van der Waals surface area contributed by atoms with Gasteiger partial charge in [-0.1, -0.05) is 17.7 Å². The van der Waals surface area contributed by atoms with E-state index in [0.717, 1.165) is 11.1 Å². The summed E-state index contributed by atoms with van der Waals surface area (Å²) < 4.78 is 45.9. The molecule has 0 saturated heterocycles. The number of nitrogens with zero attached hydrogens (tertiary/aromatic N) is 3. The van der Waals surface area contributed by atoms with Crippen molar-refractivity contribution < 1.29 is 22.7 Å². The summed E-state index contributed by atoms with van der Waals surface area (Å²) in [5.41, 5.74) is 0.515. The number of carbonyl (C=O) groups is 1. The van der Waals surface area contributed by atoms with E-state index in [2.05, 4.69) is 20.6 Å². The molecule has 0 aliphatic carbocycles. The summed E-state index contributed by atoms with van der Waals surface area (Å²) in [6.45, 7) is 5.32. The zero-order valence-corrected chi connectivity index (χ0v) is 15.4. The number of anilines is 1. The average molecular weight is 393 g/mol. The highest BCUT2D eigenvalue weighted by Crippen LogP contribution is 2.34. The number of hydrogen-bond acceptors (Lipinski definition) is 4. The molecule has 3 rings (SSSR count). The first-order valence-electron chi connectivity index (χ1n) is 8.32. The molecule has 2 heterocycles. The second kappa shape index (κ2) is 7.37. The van der Waals surface area contributed by atoms with Gasteiger partial charge in [0.1, 0.15) is 5.75 Å². The van der Waals surface area contributed by atoms with Gasteiger partial charge in [0.15, 0.2) is 18.1 Å². The van der Waals surface area contributed by atoms with Crippen LogP contribution in [0.3, 0.4) is 0 Å². The molecular weight excluding hydrogens is 375 g/mol. The minimum Gasteiger partial charge on any atom is -0.471 e. The van der Waals surface area contributed by atoms with Crippen molar-refractivity contribution in [2.24, 2.45) is 0 Å². The van der Waals surface area contributed by atoms with Crippen molar-refractivity contribution >= 4 is 11.6 Å². The third-order valence-electron chi connectivity index (χ3n) is 4.01. The number of amides is 1. The summed E-state index contributed by atoms with van der Waals surface area (Å²) in [6.07, 6.45) is -3.18. The van der Waals surface area contributed by atoms with Crippen LogP contribution in [0.25, 0.3) is 0 Å². The van der Waals surface area contributed by atoms with E-state index in [9.17, 15) is 18.0 Å². The van der Waals surface area contributed by atoms with E-state index in [1.807, 2.05) is 32.0 Å². The third kappa shape index (κ3) is 4.16. The van der Waals surface area contributed by atoms with Crippen molar-refractivity contribution in [2.45, 2.75) is 33.7 Å². The van der Waals surface area contributed by atoms with E-state index in [1.165, 1.54) is 23.9 Å². The number of carbonyl (C=O) groups excluding carboxylic acids is 1. The van der Waals surface area contributed by atoms with E-state index in [0.29, 0.717) is 5.75 Å². The minimum atomic E-state index is -4.69. The molecule has 0 atom stereocenters.